The van der Waals surface area contributed by atoms with Crippen LogP contribution < -0.4 is 4.74 Å². The van der Waals surface area contributed by atoms with Crippen LogP contribution in [-0.4, -0.2) is 55.1 Å². The lowest BCUT2D eigenvalue weighted by Crippen LogP contribution is -2.60. The Morgan fingerprint density at radius 1 is 0.972 bits per heavy atom. The summed E-state index contributed by atoms with van der Waals surface area (Å²) in [4.78, 5) is 2.55. The van der Waals surface area contributed by atoms with Crippen LogP contribution in [-0.2, 0) is 4.74 Å². The maximum atomic E-state index is 12.5. The zero-order valence-corrected chi connectivity index (χ0v) is 22.8. The van der Waals surface area contributed by atoms with Gasteiger partial charge in [-0.25, -0.2) is 0 Å². The molecule has 1 N–H and O–H groups in total. The molecule has 1 heterocycles. The van der Waals surface area contributed by atoms with E-state index in [-0.39, 0.29) is 10.8 Å². The van der Waals surface area contributed by atoms with Gasteiger partial charge in [-0.15, -0.1) is 0 Å². The van der Waals surface area contributed by atoms with E-state index in [4.69, 9.17) is 9.47 Å². The maximum Gasteiger partial charge on any atom is 0.118 e. The SMILES string of the molecule is COc1ccc([C@H]2CC[C@]3(O)[C@@H]4CC=C5CC(OCCN6CCCC6)CC[C@]5(C)[C@H]4CC[C@]23C)cc1. The molecule has 3 saturated carbocycles. The van der Waals surface area contributed by atoms with E-state index in [1.54, 1.807) is 12.7 Å². The first kappa shape index (κ1) is 24.9. The standard InChI is InChI=1S/C32H47NO3/c1-30-15-12-26(36-21-20-33-18-4-5-19-33)22-24(30)8-11-29-28(30)13-16-31(2)27(14-17-32(29,31)34)23-6-9-25(35-3)10-7-23/h6-10,26-29,34H,4-5,11-22H2,1-3H3/t26?,27-,28+,29-,30+,31-,32+/m1/s1. The fraction of sp³-hybridized carbons (Fsp3) is 0.750. The predicted octanol–water partition coefficient (Wildman–Crippen LogP) is 6.34. The third-order valence-corrected chi connectivity index (χ3v) is 11.7. The first-order valence-corrected chi connectivity index (χ1v) is 14.8. The van der Waals surface area contributed by atoms with E-state index in [0.29, 0.717) is 23.9 Å². The molecule has 4 aliphatic carbocycles. The highest BCUT2D eigenvalue weighted by molar-refractivity contribution is 5.35. The van der Waals surface area contributed by atoms with Crippen LogP contribution in [0.3, 0.4) is 0 Å². The van der Waals surface area contributed by atoms with E-state index < -0.39 is 5.60 Å². The van der Waals surface area contributed by atoms with Crippen LogP contribution in [0.1, 0.15) is 89.5 Å². The number of likely N-dealkylation sites (tertiary alicyclic amines) is 1. The van der Waals surface area contributed by atoms with E-state index in [1.165, 1.54) is 50.8 Å². The molecule has 1 aliphatic heterocycles. The minimum Gasteiger partial charge on any atom is -0.497 e. The summed E-state index contributed by atoms with van der Waals surface area (Å²) < 4.78 is 11.8. The van der Waals surface area contributed by atoms with Crippen molar-refractivity contribution >= 4 is 0 Å². The Hall–Kier alpha value is -1.36. The molecule has 36 heavy (non-hydrogen) atoms. The number of rotatable bonds is 6. The van der Waals surface area contributed by atoms with Crippen LogP contribution in [0.4, 0.5) is 0 Å². The van der Waals surface area contributed by atoms with Crippen molar-refractivity contribution in [1.82, 2.24) is 4.90 Å². The van der Waals surface area contributed by atoms with Gasteiger partial charge in [0.2, 0.25) is 0 Å². The smallest absolute Gasteiger partial charge is 0.118 e. The molecule has 7 atom stereocenters. The number of hydrogen-bond donors (Lipinski definition) is 1. The van der Waals surface area contributed by atoms with Crippen LogP contribution in [0.5, 0.6) is 5.75 Å². The van der Waals surface area contributed by atoms with Crippen molar-refractivity contribution in [3.05, 3.63) is 41.5 Å². The highest BCUT2D eigenvalue weighted by Crippen LogP contribution is 2.69. The Kier molecular flexibility index (Phi) is 6.54. The average Bonchev–Trinajstić information content (AvgIpc) is 3.50. The third-order valence-electron chi connectivity index (χ3n) is 11.7. The molecule has 4 fully saturated rings. The fourth-order valence-electron chi connectivity index (χ4n) is 9.46. The number of benzene rings is 1. The summed E-state index contributed by atoms with van der Waals surface area (Å²) in [5.41, 5.74) is 2.61. The van der Waals surface area contributed by atoms with Crippen LogP contribution in [0, 0.1) is 22.7 Å². The van der Waals surface area contributed by atoms with E-state index in [2.05, 4.69) is 49.1 Å². The Labute approximate surface area is 218 Å². The van der Waals surface area contributed by atoms with Crippen LogP contribution >= 0.6 is 0 Å². The number of aliphatic hydroxyl groups is 1. The van der Waals surface area contributed by atoms with Gasteiger partial charge in [-0.2, -0.15) is 0 Å². The van der Waals surface area contributed by atoms with Crippen LogP contribution in [0.2, 0.25) is 0 Å². The van der Waals surface area contributed by atoms with Gasteiger partial charge < -0.3 is 19.5 Å². The number of allylic oxidation sites excluding steroid dienone is 1. The molecule has 1 saturated heterocycles. The monoisotopic (exact) mass is 493 g/mol. The Balaban J connectivity index is 1.17. The normalized spacial score (nSPS) is 42.4. The highest BCUT2D eigenvalue weighted by Gasteiger charge is 2.66. The molecule has 1 aromatic rings. The molecule has 0 radical (unpaired) electrons. The van der Waals surface area contributed by atoms with Crippen LogP contribution in [0.25, 0.3) is 0 Å². The number of ether oxygens (including phenoxy) is 2. The van der Waals surface area contributed by atoms with Crippen molar-refractivity contribution in [2.45, 2.75) is 95.7 Å². The van der Waals surface area contributed by atoms with Gasteiger partial charge in [0.05, 0.1) is 25.4 Å². The summed E-state index contributed by atoms with van der Waals surface area (Å²) in [5.74, 6) is 2.30. The highest BCUT2D eigenvalue weighted by atomic mass is 16.5. The Morgan fingerprint density at radius 3 is 2.50 bits per heavy atom. The zero-order valence-electron chi connectivity index (χ0n) is 22.8. The van der Waals surface area contributed by atoms with Gasteiger partial charge in [0.25, 0.3) is 0 Å². The molecular formula is C32H47NO3. The van der Waals surface area contributed by atoms with Gasteiger partial charge in [-0.05, 0) is 118 Å². The van der Waals surface area contributed by atoms with Crippen molar-refractivity contribution in [1.29, 1.82) is 0 Å². The fourth-order valence-corrected chi connectivity index (χ4v) is 9.46. The van der Waals surface area contributed by atoms with Gasteiger partial charge in [-0.1, -0.05) is 37.6 Å². The number of fused-ring (bicyclic) bond motifs is 5. The summed E-state index contributed by atoms with van der Waals surface area (Å²) >= 11 is 0. The van der Waals surface area contributed by atoms with Crippen molar-refractivity contribution in [2.75, 3.05) is 33.4 Å². The first-order valence-electron chi connectivity index (χ1n) is 14.8. The summed E-state index contributed by atoms with van der Waals surface area (Å²) in [5, 5.41) is 12.5. The van der Waals surface area contributed by atoms with Gasteiger partial charge >= 0.3 is 0 Å². The van der Waals surface area contributed by atoms with Crippen molar-refractivity contribution < 1.29 is 14.6 Å². The third kappa shape index (κ3) is 3.89. The minimum absolute atomic E-state index is 0.0552. The molecule has 1 aromatic carbocycles. The van der Waals surface area contributed by atoms with E-state index in [0.717, 1.165) is 51.0 Å². The van der Waals surface area contributed by atoms with E-state index >= 15 is 0 Å². The minimum atomic E-state index is -0.575. The van der Waals surface area contributed by atoms with Crippen molar-refractivity contribution in [3.8, 4) is 5.75 Å². The second kappa shape index (κ2) is 9.43. The molecule has 0 amide bonds. The Morgan fingerprint density at radius 2 is 1.75 bits per heavy atom. The Bertz CT molecular complexity index is 968. The van der Waals surface area contributed by atoms with Gasteiger partial charge in [0, 0.05) is 12.0 Å². The van der Waals surface area contributed by atoms with Gasteiger partial charge in [0.15, 0.2) is 0 Å². The summed E-state index contributed by atoms with van der Waals surface area (Å²) in [6.45, 7) is 9.41. The molecule has 1 unspecified atom stereocenters. The maximum absolute atomic E-state index is 12.5. The zero-order chi connectivity index (χ0) is 25.0. The van der Waals surface area contributed by atoms with Crippen molar-refractivity contribution in [2.24, 2.45) is 22.7 Å². The summed E-state index contributed by atoms with van der Waals surface area (Å²) in [6.07, 6.45) is 14.5. The second-order valence-electron chi connectivity index (χ2n) is 13.1. The topological polar surface area (TPSA) is 41.9 Å². The molecule has 198 valence electrons. The number of methoxy groups -OCH3 is 1. The quantitative estimate of drug-likeness (QED) is 0.470. The lowest BCUT2D eigenvalue weighted by Gasteiger charge is -2.61. The van der Waals surface area contributed by atoms with Gasteiger partial charge in [0.1, 0.15) is 5.75 Å². The molecule has 0 aromatic heterocycles. The second-order valence-corrected chi connectivity index (χ2v) is 13.1. The first-order chi connectivity index (χ1) is 17.4. The average molecular weight is 494 g/mol. The van der Waals surface area contributed by atoms with E-state index in [1.807, 2.05) is 0 Å². The van der Waals surface area contributed by atoms with Gasteiger partial charge in [-0.3, -0.25) is 0 Å². The molecule has 4 heteroatoms. The van der Waals surface area contributed by atoms with Crippen LogP contribution in [0.15, 0.2) is 35.9 Å². The lowest BCUT2D eigenvalue weighted by molar-refractivity contribution is -0.173. The largest absolute Gasteiger partial charge is 0.497 e. The van der Waals surface area contributed by atoms with Crippen molar-refractivity contribution in [3.63, 3.8) is 0 Å². The number of nitrogens with zero attached hydrogens (tertiary/aromatic N) is 1. The molecule has 5 aliphatic rings. The van der Waals surface area contributed by atoms with E-state index in [9.17, 15) is 5.11 Å². The number of hydrogen-bond acceptors (Lipinski definition) is 4. The molecular weight excluding hydrogens is 446 g/mol. The summed E-state index contributed by atoms with van der Waals surface area (Å²) in [7, 11) is 1.73. The predicted molar refractivity (Wildman–Crippen MR) is 144 cm³/mol. The lowest BCUT2D eigenvalue weighted by atomic mass is 9.45. The molecule has 4 nitrogen and oxygen atoms in total. The molecule has 0 bridgehead atoms. The molecule has 0 spiro atoms. The summed E-state index contributed by atoms with van der Waals surface area (Å²) in [6, 6.07) is 8.64. The molecule has 6 rings (SSSR count).